The van der Waals surface area contributed by atoms with Crippen molar-refractivity contribution in [3.05, 3.63) is 94.6 Å². The molecule has 0 spiro atoms. The van der Waals surface area contributed by atoms with Crippen molar-refractivity contribution in [2.45, 2.75) is 31.7 Å². The van der Waals surface area contributed by atoms with Gasteiger partial charge in [-0.25, -0.2) is 13.8 Å². The first-order chi connectivity index (χ1) is 24.3. The number of hydrogen-bond donors (Lipinski definition) is 2. The maximum atomic E-state index is 15.2. The van der Waals surface area contributed by atoms with E-state index in [-0.39, 0.29) is 64.3 Å². The summed E-state index contributed by atoms with van der Waals surface area (Å²) in [4.78, 5) is 30.8. The van der Waals surface area contributed by atoms with E-state index in [1.807, 2.05) is 6.92 Å². The van der Waals surface area contributed by atoms with Gasteiger partial charge in [0, 0.05) is 56.1 Å². The highest BCUT2D eigenvalue weighted by Gasteiger charge is 2.39. The number of imidazole rings is 1. The first-order valence-electron chi connectivity index (χ1n) is 16.0. The van der Waals surface area contributed by atoms with E-state index < -0.39 is 40.8 Å². The Morgan fingerprint density at radius 2 is 1.88 bits per heavy atom. The minimum atomic E-state index is -4.80. The number of amides is 1. The van der Waals surface area contributed by atoms with Crippen molar-refractivity contribution in [3.63, 3.8) is 0 Å². The molecule has 10 nitrogen and oxygen atoms in total. The molecule has 0 bridgehead atoms. The molecule has 5 heterocycles. The normalized spacial score (nSPS) is 15.4. The molecule has 5 aromatic rings. The van der Waals surface area contributed by atoms with Gasteiger partial charge in [-0.05, 0) is 42.8 Å². The van der Waals surface area contributed by atoms with Gasteiger partial charge in [0.25, 0.3) is 0 Å². The lowest BCUT2D eigenvalue weighted by molar-refractivity contribution is -0.137. The molecular weight excluding hydrogens is 677 g/mol. The molecular formula is C36H32F5N5O5. The van der Waals surface area contributed by atoms with Crippen molar-refractivity contribution in [1.82, 2.24) is 19.3 Å². The van der Waals surface area contributed by atoms with Crippen LogP contribution in [0.4, 0.5) is 27.6 Å². The maximum absolute atomic E-state index is 15.2. The van der Waals surface area contributed by atoms with Crippen molar-refractivity contribution < 1.29 is 45.8 Å². The molecule has 2 N–H and O–H groups in total. The van der Waals surface area contributed by atoms with Gasteiger partial charge in [-0.3, -0.25) is 9.59 Å². The summed E-state index contributed by atoms with van der Waals surface area (Å²) in [6.45, 7) is 3.37. The Labute approximate surface area is 287 Å². The molecule has 2 aromatic carbocycles. The van der Waals surface area contributed by atoms with Crippen LogP contribution < -0.4 is 15.4 Å². The second kappa shape index (κ2) is 12.9. The Kier molecular flexibility index (Phi) is 8.68. The largest absolute Gasteiger partial charge is 0.490 e. The number of ether oxygens (including phenoxy) is 3. The van der Waals surface area contributed by atoms with Gasteiger partial charge < -0.3 is 33.8 Å². The highest BCUT2D eigenvalue weighted by molar-refractivity contribution is 6.10. The minimum Gasteiger partial charge on any atom is -0.490 e. The number of nitrogens with one attached hydrogen (secondary N) is 2. The monoisotopic (exact) mass is 709 g/mol. The summed E-state index contributed by atoms with van der Waals surface area (Å²) in [6, 6.07) is 7.10. The van der Waals surface area contributed by atoms with Crippen molar-refractivity contribution >= 4 is 33.9 Å². The standard InChI is InChI=1S/C36H32F5N5O5/c1-35(17-50-18-35)42-9-4-7-28(47)44-30-23(37)12-20(13-24(30)38)33(48)26-14-19-8-11-51-34-29(21-6-5-10-46(26)32(19)21)22(36(39,40)41)15-25-31(34)43-27(16-49-3)45(25)2/h4-7,10,12-15,42H,8-9,11,16-18H2,1-3H3,(H,44,47)/b7-4+. The van der Waals surface area contributed by atoms with Crippen molar-refractivity contribution in [2.24, 2.45) is 7.05 Å². The summed E-state index contributed by atoms with van der Waals surface area (Å²) in [5.41, 5.74) is -1.13. The molecule has 0 atom stereocenters. The maximum Gasteiger partial charge on any atom is 0.417 e. The number of pyridine rings is 1. The highest BCUT2D eigenvalue weighted by atomic mass is 19.4. The summed E-state index contributed by atoms with van der Waals surface area (Å²) in [5, 5.41) is 5.36. The van der Waals surface area contributed by atoms with E-state index in [4.69, 9.17) is 14.2 Å². The summed E-state index contributed by atoms with van der Waals surface area (Å²) in [5.74, 6) is -3.58. The first-order valence-corrected chi connectivity index (χ1v) is 16.0. The van der Waals surface area contributed by atoms with Crippen LogP contribution in [0.25, 0.3) is 27.7 Å². The predicted octanol–water partition coefficient (Wildman–Crippen LogP) is 5.98. The second-order valence-corrected chi connectivity index (χ2v) is 12.8. The first kappa shape index (κ1) is 34.3. The van der Waals surface area contributed by atoms with E-state index >= 15 is 8.78 Å². The number of halogens is 5. The smallest absolute Gasteiger partial charge is 0.417 e. The molecule has 3 aromatic heterocycles. The zero-order chi connectivity index (χ0) is 36.2. The van der Waals surface area contributed by atoms with E-state index in [1.165, 1.54) is 46.5 Å². The van der Waals surface area contributed by atoms with E-state index in [1.54, 1.807) is 7.05 Å². The zero-order valence-corrected chi connectivity index (χ0v) is 27.7. The Bertz CT molecular complexity index is 2230. The van der Waals surface area contributed by atoms with Gasteiger partial charge in [0.05, 0.1) is 47.7 Å². The fourth-order valence-corrected chi connectivity index (χ4v) is 6.52. The van der Waals surface area contributed by atoms with Gasteiger partial charge in [-0.1, -0.05) is 12.1 Å². The van der Waals surface area contributed by atoms with Gasteiger partial charge in [-0.15, -0.1) is 0 Å². The summed E-state index contributed by atoms with van der Waals surface area (Å²) in [7, 11) is 3.05. The van der Waals surface area contributed by atoms with Crippen LogP contribution in [0.15, 0.2) is 54.7 Å². The van der Waals surface area contributed by atoms with Crippen LogP contribution in [0, 0.1) is 11.6 Å². The van der Waals surface area contributed by atoms with E-state index in [9.17, 15) is 22.8 Å². The highest BCUT2D eigenvalue weighted by Crippen LogP contribution is 2.49. The number of aryl methyl sites for hydroxylation is 1. The topological polar surface area (TPSA) is 108 Å². The Hall–Kier alpha value is -5.12. The van der Waals surface area contributed by atoms with Crippen molar-refractivity contribution in [3.8, 4) is 16.9 Å². The van der Waals surface area contributed by atoms with Crippen LogP contribution >= 0.6 is 0 Å². The molecule has 0 aliphatic carbocycles. The van der Waals surface area contributed by atoms with Crippen LogP contribution in [0.5, 0.6) is 5.75 Å². The number of fused-ring (bicyclic) bond motifs is 4. The van der Waals surface area contributed by atoms with Gasteiger partial charge in [0.15, 0.2) is 5.75 Å². The lowest BCUT2D eigenvalue weighted by Gasteiger charge is -2.38. The molecule has 0 saturated carbocycles. The quantitative estimate of drug-likeness (QED) is 0.110. The molecule has 7 rings (SSSR count). The fraction of sp³-hybridized carbons (Fsp3) is 0.306. The van der Waals surface area contributed by atoms with Crippen LogP contribution in [0.1, 0.15) is 39.9 Å². The number of hydrogen-bond acceptors (Lipinski definition) is 7. The predicted molar refractivity (Wildman–Crippen MR) is 177 cm³/mol. The van der Waals surface area contributed by atoms with Gasteiger partial charge in [0.1, 0.15) is 35.3 Å². The number of carbonyl (C=O) groups excluding carboxylic acids is 2. The second-order valence-electron chi connectivity index (χ2n) is 12.8. The molecule has 0 radical (unpaired) electrons. The Morgan fingerprint density at radius 3 is 2.55 bits per heavy atom. The average molecular weight is 710 g/mol. The number of anilines is 1. The summed E-state index contributed by atoms with van der Waals surface area (Å²) >= 11 is 0. The zero-order valence-electron chi connectivity index (χ0n) is 27.7. The molecule has 266 valence electrons. The Morgan fingerprint density at radius 1 is 1.14 bits per heavy atom. The lowest BCUT2D eigenvalue weighted by Crippen LogP contribution is -2.58. The third-order valence-electron chi connectivity index (χ3n) is 9.10. The van der Waals surface area contributed by atoms with E-state index in [0.29, 0.717) is 36.7 Å². The number of alkyl halides is 3. The van der Waals surface area contributed by atoms with Crippen molar-refractivity contribution in [2.75, 3.05) is 38.8 Å². The summed E-state index contributed by atoms with van der Waals surface area (Å²) in [6.07, 6.45) is -0.455. The number of aromatic nitrogens is 3. The SMILES string of the molecule is COCc1nc2c3c(c(C(F)(F)F)cc2n1C)-c1cccn2c(C(=O)c4cc(F)c(NC(=O)/C=C/CNC5(C)COC5)c(F)c4)cc(c12)CCO3. The molecule has 15 heteroatoms. The van der Waals surface area contributed by atoms with Crippen LogP contribution in [0.3, 0.4) is 0 Å². The van der Waals surface area contributed by atoms with E-state index in [2.05, 4.69) is 15.6 Å². The van der Waals surface area contributed by atoms with Gasteiger partial charge >= 0.3 is 6.18 Å². The molecule has 2 aliphatic rings. The van der Waals surface area contributed by atoms with Gasteiger partial charge in [-0.2, -0.15) is 13.2 Å². The van der Waals surface area contributed by atoms with E-state index in [0.717, 1.165) is 24.3 Å². The number of benzene rings is 2. The van der Waals surface area contributed by atoms with Crippen LogP contribution in [0.2, 0.25) is 0 Å². The number of rotatable bonds is 9. The van der Waals surface area contributed by atoms with Crippen LogP contribution in [-0.2, 0) is 40.5 Å². The molecule has 2 aliphatic heterocycles. The average Bonchev–Trinajstić information content (AvgIpc) is 3.59. The third-order valence-corrected chi connectivity index (χ3v) is 9.10. The van der Waals surface area contributed by atoms with Crippen LogP contribution in [-0.4, -0.2) is 64.7 Å². The lowest BCUT2D eigenvalue weighted by atomic mass is 9.94. The molecule has 51 heavy (non-hydrogen) atoms. The Balaban J connectivity index is 1.25. The summed E-state index contributed by atoms with van der Waals surface area (Å²) < 4.78 is 94.1. The number of nitrogens with zero attached hydrogens (tertiary/aromatic N) is 3. The third kappa shape index (κ3) is 6.15. The van der Waals surface area contributed by atoms with Gasteiger partial charge in [0.2, 0.25) is 11.7 Å². The molecule has 0 unspecified atom stereocenters. The van der Waals surface area contributed by atoms with Crippen molar-refractivity contribution in [1.29, 1.82) is 0 Å². The number of carbonyl (C=O) groups is 2. The molecule has 1 saturated heterocycles. The minimum absolute atomic E-state index is 0.0308. The molecule has 1 amide bonds. The fourth-order valence-electron chi connectivity index (χ4n) is 6.52. The number of ketones is 1. The molecule has 1 fully saturated rings. The number of methoxy groups -OCH3 is 1.